The molecule has 1 amide bonds. The molecule has 0 bridgehead atoms. The van der Waals surface area contributed by atoms with Crippen LogP contribution in [0.1, 0.15) is 23.1 Å². The Morgan fingerprint density at radius 2 is 2.24 bits per heavy atom. The summed E-state index contributed by atoms with van der Waals surface area (Å²) < 4.78 is 3.48. The highest BCUT2D eigenvalue weighted by molar-refractivity contribution is 5.93. The SMILES string of the molecule is CCNC(=O)c1cc2nccc(-c3cnn(C)c3C)n2n1. The van der Waals surface area contributed by atoms with E-state index in [1.165, 1.54) is 0 Å². The molecule has 0 unspecified atom stereocenters. The second kappa shape index (κ2) is 5.01. The third-order valence-corrected chi connectivity index (χ3v) is 3.44. The average Bonchev–Trinajstić information content (AvgIpc) is 3.04. The zero-order valence-electron chi connectivity index (χ0n) is 12.2. The summed E-state index contributed by atoms with van der Waals surface area (Å²) in [5.41, 5.74) is 3.85. The molecule has 0 fully saturated rings. The molecule has 0 aliphatic carbocycles. The lowest BCUT2D eigenvalue weighted by Gasteiger charge is -2.03. The van der Waals surface area contributed by atoms with Crippen LogP contribution in [0.4, 0.5) is 0 Å². The lowest BCUT2D eigenvalue weighted by atomic mass is 10.2. The molecule has 3 heterocycles. The van der Waals surface area contributed by atoms with E-state index in [4.69, 9.17) is 0 Å². The van der Waals surface area contributed by atoms with Crippen molar-refractivity contribution in [1.29, 1.82) is 0 Å². The molecular weight excluding hydrogens is 268 g/mol. The summed E-state index contributed by atoms with van der Waals surface area (Å²) in [6, 6.07) is 3.55. The van der Waals surface area contributed by atoms with Crippen molar-refractivity contribution in [2.75, 3.05) is 6.54 Å². The Kier molecular flexibility index (Phi) is 3.17. The quantitative estimate of drug-likeness (QED) is 0.783. The first-order valence-corrected chi connectivity index (χ1v) is 6.73. The van der Waals surface area contributed by atoms with Crippen molar-refractivity contribution < 1.29 is 4.79 Å². The molecule has 0 aliphatic rings. The van der Waals surface area contributed by atoms with Crippen LogP contribution in [0.5, 0.6) is 0 Å². The van der Waals surface area contributed by atoms with Gasteiger partial charge in [0.25, 0.3) is 5.91 Å². The van der Waals surface area contributed by atoms with E-state index in [1.54, 1.807) is 27.7 Å². The van der Waals surface area contributed by atoms with Crippen molar-refractivity contribution in [1.82, 2.24) is 29.7 Å². The van der Waals surface area contributed by atoms with Gasteiger partial charge < -0.3 is 5.32 Å². The number of carbonyl (C=O) groups is 1. The van der Waals surface area contributed by atoms with Crippen LogP contribution in [0.15, 0.2) is 24.5 Å². The van der Waals surface area contributed by atoms with Crippen LogP contribution in [0.3, 0.4) is 0 Å². The molecule has 7 heteroatoms. The van der Waals surface area contributed by atoms with Crippen LogP contribution >= 0.6 is 0 Å². The van der Waals surface area contributed by atoms with Crippen LogP contribution in [-0.4, -0.2) is 36.8 Å². The molecule has 108 valence electrons. The van der Waals surface area contributed by atoms with E-state index in [0.29, 0.717) is 17.9 Å². The first-order valence-electron chi connectivity index (χ1n) is 6.73. The van der Waals surface area contributed by atoms with Gasteiger partial charge in [0.2, 0.25) is 0 Å². The maximum Gasteiger partial charge on any atom is 0.271 e. The van der Waals surface area contributed by atoms with Crippen molar-refractivity contribution in [2.45, 2.75) is 13.8 Å². The Morgan fingerprint density at radius 3 is 2.90 bits per heavy atom. The molecule has 1 N–H and O–H groups in total. The highest BCUT2D eigenvalue weighted by Gasteiger charge is 2.15. The van der Waals surface area contributed by atoms with Crippen molar-refractivity contribution in [3.8, 4) is 11.3 Å². The number of fused-ring (bicyclic) bond motifs is 1. The van der Waals surface area contributed by atoms with Crippen molar-refractivity contribution >= 4 is 11.6 Å². The Balaban J connectivity index is 2.16. The van der Waals surface area contributed by atoms with Gasteiger partial charge >= 0.3 is 0 Å². The third-order valence-electron chi connectivity index (χ3n) is 3.44. The van der Waals surface area contributed by atoms with E-state index >= 15 is 0 Å². The molecule has 0 saturated heterocycles. The van der Waals surface area contributed by atoms with Gasteiger partial charge in [-0.3, -0.25) is 9.48 Å². The van der Waals surface area contributed by atoms with Crippen LogP contribution in [0.2, 0.25) is 0 Å². The topological polar surface area (TPSA) is 77.1 Å². The summed E-state index contributed by atoms with van der Waals surface area (Å²) in [6.45, 7) is 4.42. The highest BCUT2D eigenvalue weighted by Crippen LogP contribution is 2.22. The van der Waals surface area contributed by atoms with Crippen LogP contribution < -0.4 is 5.32 Å². The monoisotopic (exact) mass is 284 g/mol. The first kappa shape index (κ1) is 13.3. The molecule has 21 heavy (non-hydrogen) atoms. The van der Waals surface area contributed by atoms with E-state index in [0.717, 1.165) is 17.0 Å². The van der Waals surface area contributed by atoms with E-state index in [9.17, 15) is 4.79 Å². The molecule has 0 radical (unpaired) electrons. The normalized spacial score (nSPS) is 11.0. The van der Waals surface area contributed by atoms with Crippen LogP contribution in [0, 0.1) is 6.92 Å². The molecular formula is C14H16N6O. The zero-order valence-corrected chi connectivity index (χ0v) is 12.2. The summed E-state index contributed by atoms with van der Waals surface area (Å²) in [5.74, 6) is -0.197. The van der Waals surface area contributed by atoms with Gasteiger partial charge in [0.15, 0.2) is 11.3 Å². The van der Waals surface area contributed by atoms with Crippen LogP contribution in [0.25, 0.3) is 16.9 Å². The van der Waals surface area contributed by atoms with Gasteiger partial charge in [-0.1, -0.05) is 0 Å². The second-order valence-corrected chi connectivity index (χ2v) is 4.76. The Hall–Kier alpha value is -2.70. The first-order chi connectivity index (χ1) is 10.1. The zero-order chi connectivity index (χ0) is 15.0. The summed E-state index contributed by atoms with van der Waals surface area (Å²) >= 11 is 0. The fourth-order valence-electron chi connectivity index (χ4n) is 2.21. The fourth-order valence-corrected chi connectivity index (χ4v) is 2.21. The number of nitrogens with one attached hydrogen (secondary N) is 1. The smallest absolute Gasteiger partial charge is 0.271 e. The van der Waals surface area contributed by atoms with Crippen LogP contribution in [-0.2, 0) is 7.05 Å². The minimum absolute atomic E-state index is 0.197. The van der Waals surface area contributed by atoms with Crippen molar-refractivity contribution in [2.24, 2.45) is 7.05 Å². The molecule has 0 atom stereocenters. The van der Waals surface area contributed by atoms with Gasteiger partial charge in [-0.15, -0.1) is 0 Å². The summed E-state index contributed by atoms with van der Waals surface area (Å²) in [6.07, 6.45) is 3.50. The molecule has 0 aromatic carbocycles. The molecule has 7 nitrogen and oxygen atoms in total. The van der Waals surface area contributed by atoms with Gasteiger partial charge in [-0.05, 0) is 19.9 Å². The fraction of sp³-hybridized carbons (Fsp3) is 0.286. The number of rotatable bonds is 3. The number of aromatic nitrogens is 5. The second-order valence-electron chi connectivity index (χ2n) is 4.76. The molecule has 3 aromatic rings. The molecule has 3 aromatic heterocycles. The van der Waals surface area contributed by atoms with E-state index < -0.39 is 0 Å². The highest BCUT2D eigenvalue weighted by atomic mass is 16.1. The van der Waals surface area contributed by atoms with Gasteiger partial charge in [-0.2, -0.15) is 10.2 Å². The standard InChI is InChI=1S/C14H16N6O/c1-4-15-14(21)11-7-13-16-6-5-12(20(13)18-11)10-8-17-19(3)9(10)2/h5-8H,4H2,1-3H3,(H,15,21). The van der Waals surface area contributed by atoms with Gasteiger partial charge in [0.1, 0.15) is 0 Å². The number of nitrogens with zero attached hydrogens (tertiary/aromatic N) is 5. The predicted molar refractivity (Wildman–Crippen MR) is 77.9 cm³/mol. The molecule has 0 spiro atoms. The molecule has 3 rings (SSSR count). The minimum atomic E-state index is -0.197. The number of carbonyl (C=O) groups excluding carboxylic acids is 1. The Labute approximate surface area is 121 Å². The Bertz CT molecular complexity index is 816. The van der Waals surface area contributed by atoms with Gasteiger partial charge in [-0.25, -0.2) is 9.50 Å². The number of amides is 1. The average molecular weight is 284 g/mol. The third kappa shape index (κ3) is 2.16. The summed E-state index contributed by atoms with van der Waals surface area (Å²) in [4.78, 5) is 16.2. The lowest BCUT2D eigenvalue weighted by molar-refractivity contribution is 0.0950. The largest absolute Gasteiger partial charge is 0.351 e. The number of hydrogen-bond donors (Lipinski definition) is 1. The van der Waals surface area contributed by atoms with E-state index in [-0.39, 0.29) is 5.91 Å². The Morgan fingerprint density at radius 1 is 1.43 bits per heavy atom. The van der Waals surface area contributed by atoms with Crippen molar-refractivity contribution in [3.63, 3.8) is 0 Å². The maximum absolute atomic E-state index is 11.9. The number of aryl methyl sites for hydroxylation is 1. The summed E-state index contributed by atoms with van der Waals surface area (Å²) in [5, 5.41) is 11.3. The van der Waals surface area contributed by atoms with Gasteiger partial charge in [0.05, 0.1) is 11.9 Å². The van der Waals surface area contributed by atoms with E-state index in [2.05, 4.69) is 20.5 Å². The minimum Gasteiger partial charge on any atom is -0.351 e. The van der Waals surface area contributed by atoms with Gasteiger partial charge in [0, 0.05) is 37.1 Å². The number of hydrogen-bond acceptors (Lipinski definition) is 4. The van der Waals surface area contributed by atoms with E-state index in [1.807, 2.05) is 27.0 Å². The maximum atomic E-state index is 11.9. The molecule has 0 saturated carbocycles. The lowest BCUT2D eigenvalue weighted by Crippen LogP contribution is -2.23. The molecule has 0 aliphatic heterocycles. The van der Waals surface area contributed by atoms with Crippen molar-refractivity contribution in [3.05, 3.63) is 35.9 Å². The predicted octanol–water partition coefficient (Wildman–Crippen LogP) is 1.19. The summed E-state index contributed by atoms with van der Waals surface area (Å²) in [7, 11) is 1.89.